The zero-order valence-corrected chi connectivity index (χ0v) is 12.5. The Morgan fingerprint density at radius 2 is 2.05 bits per heavy atom. The van der Waals surface area contributed by atoms with Crippen molar-refractivity contribution in [3.63, 3.8) is 0 Å². The average molecular weight is 267 g/mol. The van der Waals surface area contributed by atoms with Crippen LogP contribution >= 0.6 is 0 Å². The maximum atomic E-state index is 12.1. The second-order valence-corrected chi connectivity index (χ2v) is 7.03. The van der Waals surface area contributed by atoms with E-state index >= 15 is 0 Å². The number of Topliss-reactive ketones (excluding diaryl/α,β-unsaturated/α-hetero) is 1. The summed E-state index contributed by atoms with van der Waals surface area (Å²) in [6.07, 6.45) is 4.08. The first kappa shape index (κ1) is 14.4. The molecule has 0 radical (unpaired) electrons. The van der Waals surface area contributed by atoms with Crippen LogP contribution < -0.4 is 0 Å². The third-order valence-electron chi connectivity index (χ3n) is 4.33. The molecule has 2 aliphatic rings. The number of hydrogen-bond donors (Lipinski definition) is 0. The number of carbonyl (C=O) groups is 2. The lowest BCUT2D eigenvalue weighted by molar-refractivity contribution is -0.129. The van der Waals surface area contributed by atoms with Crippen LogP contribution in [0.3, 0.4) is 0 Å². The molecule has 4 nitrogen and oxygen atoms in total. The Morgan fingerprint density at radius 1 is 1.37 bits per heavy atom. The molecule has 19 heavy (non-hydrogen) atoms. The van der Waals surface area contributed by atoms with Crippen LogP contribution in [0.1, 0.15) is 59.8 Å². The van der Waals surface area contributed by atoms with Crippen molar-refractivity contribution in [2.45, 2.75) is 71.4 Å². The van der Waals surface area contributed by atoms with Crippen molar-refractivity contribution in [2.75, 3.05) is 6.54 Å². The summed E-state index contributed by atoms with van der Waals surface area (Å²) in [5.41, 5.74) is -0.604. The Morgan fingerprint density at radius 3 is 2.53 bits per heavy atom. The molecule has 1 amide bonds. The van der Waals surface area contributed by atoms with E-state index in [0.29, 0.717) is 12.3 Å². The first-order valence-electron chi connectivity index (χ1n) is 7.26. The molecule has 2 unspecified atom stereocenters. The highest BCUT2D eigenvalue weighted by molar-refractivity contribution is 5.87. The van der Waals surface area contributed by atoms with E-state index in [1.165, 1.54) is 0 Å². The van der Waals surface area contributed by atoms with Gasteiger partial charge < -0.3 is 9.64 Å². The lowest BCUT2D eigenvalue weighted by atomic mass is 9.73. The van der Waals surface area contributed by atoms with Gasteiger partial charge in [0.2, 0.25) is 0 Å². The van der Waals surface area contributed by atoms with Crippen LogP contribution in [0.25, 0.3) is 0 Å². The summed E-state index contributed by atoms with van der Waals surface area (Å²) in [6.45, 7) is 8.29. The molecule has 1 aliphatic heterocycles. The second-order valence-electron chi connectivity index (χ2n) is 7.03. The number of amides is 1. The molecule has 108 valence electrons. The number of ether oxygens (including phenoxy) is 1. The summed E-state index contributed by atoms with van der Waals surface area (Å²) in [6, 6.07) is 0.0886. The summed E-state index contributed by atoms with van der Waals surface area (Å²) in [4.78, 5) is 26.0. The van der Waals surface area contributed by atoms with Gasteiger partial charge in [-0.2, -0.15) is 0 Å². The first-order valence-corrected chi connectivity index (χ1v) is 7.26. The molecule has 0 N–H and O–H groups in total. The number of rotatable bonds is 0. The zero-order valence-electron chi connectivity index (χ0n) is 12.5. The van der Waals surface area contributed by atoms with Gasteiger partial charge in [-0.1, -0.05) is 0 Å². The molecule has 2 rings (SSSR count). The number of hydrogen-bond acceptors (Lipinski definition) is 3. The van der Waals surface area contributed by atoms with Crippen molar-refractivity contribution in [2.24, 2.45) is 5.41 Å². The van der Waals surface area contributed by atoms with E-state index in [-0.39, 0.29) is 17.6 Å². The van der Waals surface area contributed by atoms with Gasteiger partial charge in [0.25, 0.3) is 0 Å². The monoisotopic (exact) mass is 267 g/mol. The Kier molecular flexibility index (Phi) is 3.63. The van der Waals surface area contributed by atoms with Crippen LogP contribution in [0.15, 0.2) is 0 Å². The molecule has 0 aromatic rings. The van der Waals surface area contributed by atoms with Crippen LogP contribution in [0.5, 0.6) is 0 Å². The van der Waals surface area contributed by atoms with Crippen LogP contribution in [-0.2, 0) is 9.53 Å². The molecule has 1 spiro atoms. The van der Waals surface area contributed by atoms with E-state index in [1.54, 1.807) is 4.90 Å². The predicted octanol–water partition coefficient (Wildman–Crippen LogP) is 3.15. The van der Waals surface area contributed by atoms with Gasteiger partial charge in [-0.3, -0.25) is 4.79 Å². The fourth-order valence-corrected chi connectivity index (χ4v) is 3.40. The summed E-state index contributed by atoms with van der Waals surface area (Å²) < 4.78 is 5.43. The zero-order chi connectivity index (χ0) is 14.3. The number of ketones is 1. The molecule has 1 heterocycles. The maximum Gasteiger partial charge on any atom is 0.410 e. The van der Waals surface area contributed by atoms with Gasteiger partial charge in [0.15, 0.2) is 0 Å². The van der Waals surface area contributed by atoms with E-state index in [1.807, 2.05) is 27.7 Å². The average Bonchev–Trinajstić information content (AvgIpc) is 2.57. The number of piperidine rings is 1. The quantitative estimate of drug-likeness (QED) is 0.677. The molecule has 1 saturated heterocycles. The molecule has 1 aliphatic carbocycles. The third-order valence-corrected chi connectivity index (χ3v) is 4.33. The molecule has 0 aromatic carbocycles. The standard InChI is InChI=1S/C15H25NO3/c1-11-10-15(7-5-6-12(15)17)8-9-16(11)13(18)19-14(2,3)4/h11H,5-10H2,1-4H3. The number of likely N-dealkylation sites (tertiary alicyclic amines) is 1. The van der Waals surface area contributed by atoms with Crippen molar-refractivity contribution in [3.8, 4) is 0 Å². The van der Waals surface area contributed by atoms with E-state index in [9.17, 15) is 9.59 Å². The van der Waals surface area contributed by atoms with Crippen LogP contribution in [0.2, 0.25) is 0 Å². The molecule has 0 aromatic heterocycles. The SMILES string of the molecule is CC1CC2(CCCC2=O)CCN1C(=O)OC(C)(C)C. The predicted molar refractivity (Wildman–Crippen MR) is 72.9 cm³/mol. The first-order chi connectivity index (χ1) is 8.73. The van der Waals surface area contributed by atoms with Crippen LogP contribution in [0.4, 0.5) is 4.79 Å². The Hall–Kier alpha value is -1.06. The summed E-state index contributed by atoms with van der Waals surface area (Å²) >= 11 is 0. The minimum absolute atomic E-state index is 0.0886. The number of carbonyl (C=O) groups excluding carboxylic acids is 2. The molecule has 2 atom stereocenters. The lowest BCUT2D eigenvalue weighted by Gasteiger charge is -2.43. The number of nitrogens with zero attached hydrogens (tertiary/aromatic N) is 1. The van der Waals surface area contributed by atoms with Crippen molar-refractivity contribution in [1.29, 1.82) is 0 Å². The molecular weight excluding hydrogens is 242 g/mol. The van der Waals surface area contributed by atoms with Gasteiger partial charge in [0.1, 0.15) is 11.4 Å². The Labute approximate surface area is 115 Å². The molecule has 2 fully saturated rings. The van der Waals surface area contributed by atoms with E-state index in [0.717, 1.165) is 32.1 Å². The third kappa shape index (κ3) is 2.93. The Balaban J connectivity index is 2.01. The summed E-state index contributed by atoms with van der Waals surface area (Å²) in [7, 11) is 0. The van der Waals surface area contributed by atoms with Crippen molar-refractivity contribution in [3.05, 3.63) is 0 Å². The van der Waals surface area contributed by atoms with Gasteiger partial charge in [0.05, 0.1) is 0 Å². The largest absolute Gasteiger partial charge is 0.444 e. The smallest absolute Gasteiger partial charge is 0.410 e. The van der Waals surface area contributed by atoms with Crippen LogP contribution in [0, 0.1) is 5.41 Å². The molecule has 4 heteroatoms. The molecule has 1 saturated carbocycles. The normalized spacial score (nSPS) is 31.9. The fraction of sp³-hybridized carbons (Fsp3) is 0.867. The highest BCUT2D eigenvalue weighted by Gasteiger charge is 2.47. The topological polar surface area (TPSA) is 46.6 Å². The van der Waals surface area contributed by atoms with Crippen LogP contribution in [-0.4, -0.2) is 35.0 Å². The van der Waals surface area contributed by atoms with Gasteiger partial charge >= 0.3 is 6.09 Å². The summed E-state index contributed by atoms with van der Waals surface area (Å²) in [5, 5.41) is 0. The van der Waals surface area contributed by atoms with Crippen molar-refractivity contribution in [1.82, 2.24) is 4.90 Å². The van der Waals surface area contributed by atoms with E-state index in [2.05, 4.69) is 0 Å². The van der Waals surface area contributed by atoms with Crippen molar-refractivity contribution >= 4 is 11.9 Å². The fourth-order valence-electron chi connectivity index (χ4n) is 3.40. The lowest BCUT2D eigenvalue weighted by Crippen LogP contribution is -2.51. The minimum Gasteiger partial charge on any atom is -0.444 e. The molecule has 0 bridgehead atoms. The van der Waals surface area contributed by atoms with Gasteiger partial charge in [-0.15, -0.1) is 0 Å². The highest BCUT2D eigenvalue weighted by Crippen LogP contribution is 2.45. The molecular formula is C15H25NO3. The van der Waals surface area contributed by atoms with Gasteiger partial charge in [0, 0.05) is 24.4 Å². The summed E-state index contributed by atoms with van der Waals surface area (Å²) in [5.74, 6) is 0.406. The van der Waals surface area contributed by atoms with Crippen molar-refractivity contribution < 1.29 is 14.3 Å². The van der Waals surface area contributed by atoms with E-state index < -0.39 is 5.60 Å². The van der Waals surface area contributed by atoms with Gasteiger partial charge in [-0.05, 0) is 53.4 Å². The Bertz CT molecular complexity index is 385. The van der Waals surface area contributed by atoms with E-state index in [4.69, 9.17) is 4.74 Å². The highest BCUT2D eigenvalue weighted by atomic mass is 16.6. The van der Waals surface area contributed by atoms with Gasteiger partial charge in [-0.25, -0.2) is 4.79 Å². The second kappa shape index (κ2) is 4.80. The maximum absolute atomic E-state index is 12.1. The minimum atomic E-state index is -0.463.